The summed E-state index contributed by atoms with van der Waals surface area (Å²) in [5.74, 6) is 0.0399. The van der Waals surface area contributed by atoms with Crippen molar-refractivity contribution in [1.29, 1.82) is 0 Å². The maximum absolute atomic E-state index is 13.1. The van der Waals surface area contributed by atoms with Crippen LogP contribution in [0, 0.1) is 10.1 Å². The van der Waals surface area contributed by atoms with Gasteiger partial charge in [0, 0.05) is 36.5 Å². The maximum Gasteiger partial charge on any atom is 0.270 e. The van der Waals surface area contributed by atoms with Crippen molar-refractivity contribution in [1.82, 2.24) is 5.32 Å². The van der Waals surface area contributed by atoms with Gasteiger partial charge in [0.2, 0.25) is 0 Å². The molecular formula is C26H30N4O5. The van der Waals surface area contributed by atoms with Gasteiger partial charge in [-0.25, -0.2) is 0 Å². The molecule has 0 bridgehead atoms. The van der Waals surface area contributed by atoms with Crippen molar-refractivity contribution in [3.05, 3.63) is 87.9 Å². The average Bonchev–Trinajstić information content (AvgIpc) is 3.38. The minimum absolute atomic E-state index is 0.155. The predicted octanol–water partition coefficient (Wildman–Crippen LogP) is 5.39. The molecule has 0 saturated carbocycles. The summed E-state index contributed by atoms with van der Waals surface area (Å²) in [5, 5.41) is 16.7. The first-order chi connectivity index (χ1) is 16.9. The van der Waals surface area contributed by atoms with Gasteiger partial charge in [-0.2, -0.15) is 0 Å². The van der Waals surface area contributed by atoms with E-state index in [0.29, 0.717) is 24.3 Å². The molecule has 2 aromatic carbocycles. The van der Waals surface area contributed by atoms with Gasteiger partial charge in [-0.15, -0.1) is 0 Å². The molecule has 0 unspecified atom stereocenters. The van der Waals surface area contributed by atoms with Crippen LogP contribution in [0.3, 0.4) is 0 Å². The third-order valence-corrected chi connectivity index (χ3v) is 5.40. The molecule has 0 saturated heterocycles. The van der Waals surface area contributed by atoms with Crippen molar-refractivity contribution < 1.29 is 18.9 Å². The molecule has 0 aliphatic heterocycles. The highest BCUT2D eigenvalue weighted by Gasteiger charge is 2.20. The van der Waals surface area contributed by atoms with Gasteiger partial charge in [-0.3, -0.25) is 19.7 Å². The molecule has 0 spiro atoms. The molecule has 9 heteroatoms. The second kappa shape index (κ2) is 12.4. The molecule has 9 nitrogen and oxygen atoms in total. The normalized spacial score (nSPS) is 10.6. The van der Waals surface area contributed by atoms with Crippen LogP contribution in [0.25, 0.3) is 0 Å². The Bertz CT molecular complexity index is 1160. The summed E-state index contributed by atoms with van der Waals surface area (Å²) >= 11 is 0. The minimum atomic E-state index is -0.550. The Morgan fingerprint density at radius 3 is 2.54 bits per heavy atom. The van der Waals surface area contributed by atoms with E-state index in [4.69, 9.17) is 4.42 Å². The van der Waals surface area contributed by atoms with Gasteiger partial charge in [-0.05, 0) is 49.2 Å². The van der Waals surface area contributed by atoms with Crippen LogP contribution in [0.2, 0.25) is 0 Å². The number of anilines is 2. The molecule has 3 rings (SSSR count). The summed E-state index contributed by atoms with van der Waals surface area (Å²) in [6.45, 7) is 5.83. The van der Waals surface area contributed by atoms with E-state index >= 15 is 0 Å². The zero-order valence-corrected chi connectivity index (χ0v) is 20.0. The number of non-ortho nitro benzene ring substituents is 1. The number of nitro groups is 1. The van der Waals surface area contributed by atoms with Crippen LogP contribution in [-0.2, 0) is 6.54 Å². The molecule has 3 aromatic rings. The second-order valence-electron chi connectivity index (χ2n) is 8.10. The largest absolute Gasteiger partial charge is 0.467 e. The lowest BCUT2D eigenvalue weighted by Crippen LogP contribution is -2.30. The van der Waals surface area contributed by atoms with E-state index in [0.717, 1.165) is 37.3 Å². The summed E-state index contributed by atoms with van der Waals surface area (Å²) in [6, 6.07) is 14.4. The highest BCUT2D eigenvalue weighted by molar-refractivity contribution is 6.06. The fourth-order valence-corrected chi connectivity index (χ4v) is 3.59. The van der Waals surface area contributed by atoms with Crippen molar-refractivity contribution in [2.24, 2.45) is 0 Å². The number of hydrogen-bond acceptors (Lipinski definition) is 6. The first kappa shape index (κ1) is 25.5. The second-order valence-corrected chi connectivity index (χ2v) is 8.10. The molecule has 35 heavy (non-hydrogen) atoms. The van der Waals surface area contributed by atoms with Crippen LogP contribution in [0.4, 0.5) is 17.1 Å². The van der Waals surface area contributed by atoms with Crippen molar-refractivity contribution in [2.45, 2.75) is 39.7 Å². The number of unbranched alkanes of at least 4 members (excludes halogenated alkanes) is 1. The molecule has 0 aliphatic carbocycles. The molecule has 184 valence electrons. The lowest BCUT2D eigenvalue weighted by Gasteiger charge is -2.26. The van der Waals surface area contributed by atoms with Crippen LogP contribution in [0.5, 0.6) is 0 Å². The molecule has 1 heterocycles. The predicted molar refractivity (Wildman–Crippen MR) is 135 cm³/mol. The maximum atomic E-state index is 13.1. The average molecular weight is 479 g/mol. The van der Waals surface area contributed by atoms with Crippen molar-refractivity contribution in [3.63, 3.8) is 0 Å². The number of rotatable bonds is 12. The number of carbonyl (C=O) groups is 2. The van der Waals surface area contributed by atoms with E-state index in [1.807, 2.05) is 25.1 Å². The summed E-state index contributed by atoms with van der Waals surface area (Å²) in [6.07, 6.45) is 4.33. The first-order valence-corrected chi connectivity index (χ1v) is 11.7. The summed E-state index contributed by atoms with van der Waals surface area (Å²) < 4.78 is 5.54. The van der Waals surface area contributed by atoms with Gasteiger partial charge in [0.1, 0.15) is 5.76 Å². The van der Waals surface area contributed by atoms with Gasteiger partial charge in [-0.1, -0.05) is 26.3 Å². The van der Waals surface area contributed by atoms with Crippen LogP contribution < -0.4 is 15.5 Å². The number of nitrogens with zero attached hydrogens (tertiary/aromatic N) is 2. The van der Waals surface area contributed by atoms with Gasteiger partial charge in [0.15, 0.2) is 0 Å². The summed E-state index contributed by atoms with van der Waals surface area (Å²) in [5.41, 5.74) is 1.56. The fourth-order valence-electron chi connectivity index (χ4n) is 3.59. The third-order valence-electron chi connectivity index (χ3n) is 5.40. The number of carbonyl (C=O) groups excluding carboxylic acids is 2. The minimum Gasteiger partial charge on any atom is -0.467 e. The Hall–Kier alpha value is -4.14. The molecule has 0 fully saturated rings. The Morgan fingerprint density at radius 1 is 1.03 bits per heavy atom. The summed E-state index contributed by atoms with van der Waals surface area (Å²) in [4.78, 5) is 38.4. The number of benzene rings is 2. The van der Waals surface area contributed by atoms with E-state index in [1.54, 1.807) is 18.4 Å². The van der Waals surface area contributed by atoms with E-state index in [2.05, 4.69) is 22.5 Å². The van der Waals surface area contributed by atoms with Gasteiger partial charge in [0.05, 0.1) is 29.0 Å². The Balaban J connectivity index is 1.92. The Kier molecular flexibility index (Phi) is 9.00. The quantitative estimate of drug-likeness (QED) is 0.266. The molecule has 1 aromatic heterocycles. The lowest BCUT2D eigenvalue weighted by atomic mass is 10.1. The number of amides is 2. The van der Waals surface area contributed by atoms with Gasteiger partial charge >= 0.3 is 0 Å². The molecular weight excluding hydrogens is 448 g/mol. The monoisotopic (exact) mass is 478 g/mol. The number of nitro benzene ring substituents is 1. The third kappa shape index (κ3) is 6.92. The van der Waals surface area contributed by atoms with Gasteiger partial charge in [0.25, 0.3) is 17.5 Å². The number of nitrogens with one attached hydrogen (secondary N) is 2. The number of hydrogen-bond donors (Lipinski definition) is 2. The molecule has 2 N–H and O–H groups in total. The van der Waals surface area contributed by atoms with Gasteiger partial charge < -0.3 is 20.0 Å². The highest BCUT2D eigenvalue weighted by Crippen LogP contribution is 2.27. The zero-order valence-electron chi connectivity index (χ0n) is 20.0. The molecule has 2 amide bonds. The lowest BCUT2D eigenvalue weighted by molar-refractivity contribution is -0.384. The molecule has 0 atom stereocenters. The Labute approximate surface area is 204 Å². The Morgan fingerprint density at radius 2 is 1.86 bits per heavy atom. The zero-order chi connectivity index (χ0) is 25.2. The van der Waals surface area contributed by atoms with E-state index in [1.165, 1.54) is 24.3 Å². The van der Waals surface area contributed by atoms with Crippen LogP contribution in [0.15, 0.2) is 65.3 Å². The van der Waals surface area contributed by atoms with E-state index < -0.39 is 10.8 Å². The van der Waals surface area contributed by atoms with E-state index in [-0.39, 0.29) is 17.2 Å². The van der Waals surface area contributed by atoms with Crippen LogP contribution in [-0.4, -0.2) is 29.8 Å². The van der Waals surface area contributed by atoms with Crippen LogP contribution in [0.1, 0.15) is 59.6 Å². The van der Waals surface area contributed by atoms with Crippen molar-refractivity contribution in [3.8, 4) is 0 Å². The van der Waals surface area contributed by atoms with Crippen molar-refractivity contribution >= 4 is 28.9 Å². The van der Waals surface area contributed by atoms with E-state index in [9.17, 15) is 19.7 Å². The first-order valence-electron chi connectivity index (χ1n) is 11.7. The topological polar surface area (TPSA) is 118 Å². The standard InChI is InChI=1S/C26H30N4O5/c1-3-5-14-29(18-22-10-7-15-35-22)24-12-11-20(17-23(24)26(32)27-13-4-2)28-25(31)19-8-6-9-21(16-19)30(33)34/h6-12,15-17H,3-5,13-14,18H2,1-2H3,(H,27,32)(H,28,31). The molecule has 0 aliphatic rings. The number of furan rings is 1. The fraction of sp³-hybridized carbons (Fsp3) is 0.308. The highest BCUT2D eigenvalue weighted by atomic mass is 16.6. The smallest absolute Gasteiger partial charge is 0.270 e. The molecule has 0 radical (unpaired) electrons. The van der Waals surface area contributed by atoms with Crippen LogP contribution >= 0.6 is 0 Å². The van der Waals surface area contributed by atoms with Crippen molar-refractivity contribution in [2.75, 3.05) is 23.3 Å². The SMILES string of the molecule is CCCCN(Cc1ccco1)c1ccc(NC(=O)c2cccc([N+](=O)[O-])c2)cc1C(=O)NCCC. The summed E-state index contributed by atoms with van der Waals surface area (Å²) in [7, 11) is 0.